The molecule has 1 heterocycles. The summed E-state index contributed by atoms with van der Waals surface area (Å²) in [5.74, 6) is 7.00. The minimum absolute atomic E-state index is 0.939. The zero-order chi connectivity index (χ0) is 42.7. The van der Waals surface area contributed by atoms with Gasteiger partial charge in [-0.15, -0.1) is 11.8 Å². The first-order valence-corrected chi connectivity index (χ1v) is 26.2. The predicted molar refractivity (Wildman–Crippen MR) is 265 cm³/mol. The van der Waals surface area contributed by atoms with Crippen molar-refractivity contribution < 1.29 is 4.70 Å². The highest BCUT2D eigenvalue weighted by molar-refractivity contribution is 5.82. The summed E-state index contributed by atoms with van der Waals surface area (Å²) in [6.45, 7) is 9.13. The normalized spacial score (nSPS) is 12.8. The first-order chi connectivity index (χ1) is 29.7. The van der Waals surface area contributed by atoms with Gasteiger partial charge in [0.25, 0.3) is 0 Å². The molecule has 3 rings (SSSR count). The first kappa shape index (κ1) is 51.4. The van der Waals surface area contributed by atoms with Crippen molar-refractivity contribution in [1.82, 2.24) is 0 Å². The van der Waals surface area contributed by atoms with Crippen molar-refractivity contribution in [2.45, 2.75) is 259 Å². The molecular formula is C58H92N2. The number of unbranched alkanes of at least 4 members (excludes halogenated alkanes) is 27. The summed E-state index contributed by atoms with van der Waals surface area (Å²) in [7, 11) is 0. The number of benzene rings is 2. The van der Waals surface area contributed by atoms with Crippen LogP contribution in [0, 0.1) is 11.8 Å². The Morgan fingerprint density at radius 2 is 0.800 bits per heavy atom. The summed E-state index contributed by atoms with van der Waals surface area (Å²) in [5.41, 5.74) is 21.9. The average molecular weight is 817 g/mol. The molecular weight excluding hydrogens is 725 g/mol. The van der Waals surface area contributed by atoms with Crippen LogP contribution < -0.4 is 0 Å². The van der Waals surface area contributed by atoms with Crippen molar-refractivity contribution >= 4 is 11.4 Å². The Morgan fingerprint density at radius 3 is 1.30 bits per heavy atom. The van der Waals surface area contributed by atoms with Gasteiger partial charge in [0.15, 0.2) is 0 Å². The maximum Gasteiger partial charge on any atom is 0.211 e. The van der Waals surface area contributed by atoms with Crippen LogP contribution in [0.3, 0.4) is 0 Å². The van der Waals surface area contributed by atoms with Crippen LogP contribution in [0.2, 0.25) is 0 Å². The van der Waals surface area contributed by atoms with E-state index in [2.05, 4.69) is 88.1 Å². The van der Waals surface area contributed by atoms with Gasteiger partial charge in [0.2, 0.25) is 11.4 Å². The van der Waals surface area contributed by atoms with E-state index in [1.54, 1.807) is 4.70 Å². The van der Waals surface area contributed by atoms with Gasteiger partial charge in [-0.2, -0.15) is 0 Å². The molecule has 2 heteroatoms. The second-order valence-electron chi connectivity index (χ2n) is 18.4. The van der Waals surface area contributed by atoms with Crippen LogP contribution in [0.25, 0.3) is 16.9 Å². The summed E-state index contributed by atoms with van der Waals surface area (Å²) < 4.78 is 1.58. The standard InChI is InChI=1S/C58H92N2/c1-5-9-13-15-16-17-18-19-20-21-22-23-24-25-26-27-28-29-30-31-32-33-34-35-36-38-42-52-43-39-40-46-54(52)58-56(45-12-8-4)55(44-11-7-3)57(60(58)59)53-49-47-51(48-50-53)41-37-14-10-6-2/h39-40,43,46-50H,5-33,36-38,41-42,44-45H2,1-4H3. The molecule has 0 aromatic heterocycles. The Balaban J connectivity index is 1.36. The third-order valence-corrected chi connectivity index (χ3v) is 13.0. The Morgan fingerprint density at radius 1 is 0.383 bits per heavy atom. The molecule has 0 aliphatic carbocycles. The zero-order valence-corrected chi connectivity index (χ0v) is 40.0. The van der Waals surface area contributed by atoms with Gasteiger partial charge >= 0.3 is 0 Å². The average Bonchev–Trinajstić information content (AvgIpc) is 3.54. The molecule has 2 nitrogen and oxygen atoms in total. The molecule has 0 fully saturated rings. The van der Waals surface area contributed by atoms with E-state index in [1.807, 2.05) is 0 Å². The highest BCUT2D eigenvalue weighted by Gasteiger charge is 2.35. The second-order valence-corrected chi connectivity index (χ2v) is 18.4. The molecule has 0 saturated heterocycles. The SMILES string of the molecule is CCCCCCCCCCCCCCCCCCCCCCCC#CCCCc1ccccc1C1=C(CCCC)C(CCCC)=C(c2ccc(CCCCCC)cc2)[N+]1=[N-]. The lowest BCUT2D eigenvalue weighted by molar-refractivity contribution is -0.345. The molecule has 0 bridgehead atoms. The van der Waals surface area contributed by atoms with Crippen molar-refractivity contribution in [3.05, 3.63) is 87.5 Å². The number of rotatable bonds is 37. The highest BCUT2D eigenvalue weighted by Crippen LogP contribution is 2.45. The number of aryl methyl sites for hydroxylation is 2. The van der Waals surface area contributed by atoms with Crippen LogP contribution in [0.15, 0.2) is 59.7 Å². The van der Waals surface area contributed by atoms with Gasteiger partial charge in [0, 0.05) is 35.1 Å². The third-order valence-electron chi connectivity index (χ3n) is 13.0. The molecule has 0 spiro atoms. The molecule has 2 aromatic carbocycles. The van der Waals surface area contributed by atoms with Gasteiger partial charge in [-0.05, 0) is 87.1 Å². The van der Waals surface area contributed by atoms with Gasteiger partial charge in [-0.25, -0.2) is 4.70 Å². The van der Waals surface area contributed by atoms with Crippen LogP contribution in [0.1, 0.15) is 268 Å². The van der Waals surface area contributed by atoms with E-state index in [9.17, 15) is 5.53 Å². The summed E-state index contributed by atoms with van der Waals surface area (Å²) in [4.78, 5) is 0. The van der Waals surface area contributed by atoms with Gasteiger partial charge in [-0.3, -0.25) is 0 Å². The molecule has 334 valence electrons. The summed E-state index contributed by atoms with van der Waals surface area (Å²) in [5, 5.41) is 0. The number of hydrogen-bond donors (Lipinski definition) is 0. The van der Waals surface area contributed by atoms with Crippen LogP contribution in [0.5, 0.6) is 0 Å². The fourth-order valence-corrected chi connectivity index (χ4v) is 9.22. The van der Waals surface area contributed by atoms with E-state index in [1.165, 1.54) is 188 Å². The number of allylic oxidation sites excluding steroid dienone is 2. The molecule has 0 N–H and O–H groups in total. The van der Waals surface area contributed by atoms with E-state index in [0.717, 1.165) is 87.6 Å². The highest BCUT2D eigenvalue weighted by atomic mass is 15.2. The lowest BCUT2D eigenvalue weighted by atomic mass is 9.90. The fourth-order valence-electron chi connectivity index (χ4n) is 9.22. The molecule has 0 amide bonds. The van der Waals surface area contributed by atoms with Crippen LogP contribution in [0.4, 0.5) is 0 Å². The minimum atomic E-state index is 0.939. The topological polar surface area (TPSA) is 25.3 Å². The predicted octanol–water partition coefficient (Wildman–Crippen LogP) is 19.3. The molecule has 0 atom stereocenters. The van der Waals surface area contributed by atoms with Crippen molar-refractivity contribution in [2.24, 2.45) is 0 Å². The first-order valence-electron chi connectivity index (χ1n) is 26.2. The Labute approximate surface area is 372 Å². The molecule has 1 aliphatic rings. The zero-order valence-electron chi connectivity index (χ0n) is 40.0. The molecule has 1 aliphatic heterocycles. The summed E-state index contributed by atoms with van der Waals surface area (Å²) >= 11 is 0. The molecule has 0 unspecified atom stereocenters. The minimum Gasteiger partial charge on any atom is -0.493 e. The van der Waals surface area contributed by atoms with Crippen LogP contribution in [-0.4, -0.2) is 4.70 Å². The van der Waals surface area contributed by atoms with Gasteiger partial charge in [0.05, 0.1) is 0 Å². The van der Waals surface area contributed by atoms with Crippen molar-refractivity contribution in [3.8, 4) is 11.8 Å². The number of nitrogens with zero attached hydrogens (tertiary/aromatic N) is 2. The van der Waals surface area contributed by atoms with Crippen molar-refractivity contribution in [3.63, 3.8) is 0 Å². The van der Waals surface area contributed by atoms with Gasteiger partial charge < -0.3 is 5.53 Å². The Hall–Kier alpha value is -2.92. The Bertz CT molecular complexity index is 1530. The van der Waals surface area contributed by atoms with Crippen LogP contribution >= 0.6 is 0 Å². The second kappa shape index (κ2) is 34.6. The fraction of sp³-hybridized carbons (Fsp3) is 0.690. The van der Waals surface area contributed by atoms with Crippen LogP contribution in [-0.2, 0) is 12.8 Å². The Kier molecular flexibility index (Phi) is 29.7. The maximum absolute atomic E-state index is 12.2. The smallest absolute Gasteiger partial charge is 0.211 e. The van der Waals surface area contributed by atoms with E-state index in [-0.39, 0.29) is 0 Å². The quantitative estimate of drug-likeness (QED) is 0.0369. The summed E-state index contributed by atoms with van der Waals surface area (Å²) in [6.07, 6.45) is 46.8. The van der Waals surface area contributed by atoms with E-state index >= 15 is 0 Å². The lowest BCUT2D eigenvalue weighted by Gasteiger charge is -2.13. The maximum atomic E-state index is 12.2. The number of hydrogen-bond acceptors (Lipinski definition) is 0. The van der Waals surface area contributed by atoms with Crippen molar-refractivity contribution in [2.75, 3.05) is 0 Å². The molecule has 0 saturated carbocycles. The van der Waals surface area contributed by atoms with Gasteiger partial charge in [0.1, 0.15) is 0 Å². The lowest BCUT2D eigenvalue weighted by Crippen LogP contribution is -2.05. The van der Waals surface area contributed by atoms with E-state index < -0.39 is 0 Å². The molecule has 0 radical (unpaired) electrons. The monoisotopic (exact) mass is 817 g/mol. The van der Waals surface area contributed by atoms with Crippen molar-refractivity contribution in [1.29, 1.82) is 0 Å². The molecule has 2 aromatic rings. The molecule has 60 heavy (non-hydrogen) atoms. The summed E-state index contributed by atoms with van der Waals surface area (Å²) in [6, 6.07) is 17.9. The van der Waals surface area contributed by atoms with E-state index in [4.69, 9.17) is 0 Å². The van der Waals surface area contributed by atoms with Gasteiger partial charge in [-0.1, -0.05) is 219 Å². The third kappa shape index (κ3) is 20.8. The van der Waals surface area contributed by atoms with E-state index in [0.29, 0.717) is 0 Å². The largest absolute Gasteiger partial charge is 0.493 e.